The van der Waals surface area contributed by atoms with Crippen LogP contribution < -0.4 is 5.32 Å². The van der Waals surface area contributed by atoms with Gasteiger partial charge in [-0.25, -0.2) is 18.0 Å². The minimum absolute atomic E-state index is 0.420. The van der Waals surface area contributed by atoms with Crippen LogP contribution >= 0.6 is 0 Å². The second kappa shape index (κ2) is 5.73. The molecule has 0 aliphatic heterocycles. The van der Waals surface area contributed by atoms with Gasteiger partial charge in [0.1, 0.15) is 6.04 Å². The third-order valence-electron chi connectivity index (χ3n) is 2.47. The molecule has 2 N–H and O–H groups in total. The van der Waals surface area contributed by atoms with Gasteiger partial charge in [0.25, 0.3) is 5.91 Å². The minimum atomic E-state index is -1.69. The summed E-state index contributed by atoms with van der Waals surface area (Å²) >= 11 is 0. The first-order chi connectivity index (χ1) is 8.73. The van der Waals surface area contributed by atoms with Crippen molar-refractivity contribution in [2.75, 3.05) is 0 Å². The van der Waals surface area contributed by atoms with Crippen molar-refractivity contribution < 1.29 is 27.9 Å². The smallest absolute Gasteiger partial charge is 0.326 e. The van der Waals surface area contributed by atoms with Gasteiger partial charge in [0.05, 0.1) is 0 Å². The topological polar surface area (TPSA) is 66.4 Å². The molecule has 0 spiro atoms. The molecule has 0 aliphatic carbocycles. The number of aliphatic carboxylic acids is 1. The Morgan fingerprint density at radius 1 is 1.16 bits per heavy atom. The molecule has 1 amide bonds. The van der Waals surface area contributed by atoms with Crippen molar-refractivity contribution in [1.29, 1.82) is 0 Å². The molecule has 0 saturated heterocycles. The molecule has 0 aromatic heterocycles. The van der Waals surface area contributed by atoms with Crippen LogP contribution in [-0.4, -0.2) is 23.0 Å². The highest BCUT2D eigenvalue weighted by Crippen LogP contribution is 2.14. The van der Waals surface area contributed by atoms with E-state index in [1.807, 2.05) is 0 Å². The number of amides is 1. The van der Waals surface area contributed by atoms with E-state index >= 15 is 0 Å². The molecule has 1 rings (SSSR count). The average molecular weight is 275 g/mol. The van der Waals surface area contributed by atoms with Crippen molar-refractivity contribution in [2.24, 2.45) is 5.92 Å². The van der Waals surface area contributed by atoms with Crippen LogP contribution in [0.4, 0.5) is 13.2 Å². The first kappa shape index (κ1) is 15.0. The number of carboxylic acids is 1. The molecule has 1 atom stereocenters. The Hall–Kier alpha value is -2.05. The van der Waals surface area contributed by atoms with E-state index in [-0.39, 0.29) is 0 Å². The quantitative estimate of drug-likeness (QED) is 0.825. The molecular formula is C12H12F3NO3. The SMILES string of the molecule is CC(C)[C@@H](NC(=O)c1cc(F)c(F)c(F)c1)C(=O)O. The maximum atomic E-state index is 12.9. The fourth-order valence-electron chi connectivity index (χ4n) is 1.42. The summed E-state index contributed by atoms with van der Waals surface area (Å²) in [5.41, 5.74) is -0.483. The van der Waals surface area contributed by atoms with Gasteiger partial charge in [-0.1, -0.05) is 13.8 Å². The average Bonchev–Trinajstić information content (AvgIpc) is 2.31. The highest BCUT2D eigenvalue weighted by molar-refractivity contribution is 5.96. The lowest BCUT2D eigenvalue weighted by molar-refractivity contribution is -0.140. The predicted octanol–water partition coefficient (Wildman–Crippen LogP) is 1.94. The Balaban J connectivity index is 2.98. The molecule has 0 saturated carbocycles. The van der Waals surface area contributed by atoms with E-state index < -0.39 is 46.9 Å². The van der Waals surface area contributed by atoms with Crippen LogP contribution in [0.5, 0.6) is 0 Å². The molecule has 0 aliphatic rings. The van der Waals surface area contributed by atoms with E-state index in [0.717, 1.165) is 0 Å². The summed E-state index contributed by atoms with van der Waals surface area (Å²) in [7, 11) is 0. The summed E-state index contributed by atoms with van der Waals surface area (Å²) in [6.07, 6.45) is 0. The Morgan fingerprint density at radius 2 is 1.63 bits per heavy atom. The summed E-state index contributed by atoms with van der Waals surface area (Å²) in [6.45, 7) is 3.12. The fourth-order valence-corrected chi connectivity index (χ4v) is 1.42. The van der Waals surface area contributed by atoms with Gasteiger partial charge in [0, 0.05) is 5.56 Å². The van der Waals surface area contributed by atoms with Gasteiger partial charge < -0.3 is 10.4 Å². The maximum absolute atomic E-state index is 12.9. The van der Waals surface area contributed by atoms with Crippen molar-refractivity contribution in [3.63, 3.8) is 0 Å². The van der Waals surface area contributed by atoms with Crippen molar-refractivity contribution >= 4 is 11.9 Å². The summed E-state index contributed by atoms with van der Waals surface area (Å²) in [4.78, 5) is 22.5. The molecule has 1 aromatic rings. The largest absolute Gasteiger partial charge is 0.480 e. The molecule has 7 heteroatoms. The van der Waals surface area contributed by atoms with Crippen molar-refractivity contribution in [3.05, 3.63) is 35.1 Å². The standard InChI is InChI=1S/C12H12F3NO3/c1-5(2)10(12(18)19)16-11(17)6-3-7(13)9(15)8(14)4-6/h3-5,10H,1-2H3,(H,16,17)(H,18,19)/t10-/m1/s1. The highest BCUT2D eigenvalue weighted by Gasteiger charge is 2.25. The number of benzene rings is 1. The molecule has 4 nitrogen and oxygen atoms in total. The molecular weight excluding hydrogens is 263 g/mol. The van der Waals surface area contributed by atoms with E-state index in [1.54, 1.807) is 13.8 Å². The summed E-state index contributed by atoms with van der Waals surface area (Å²) in [5.74, 6) is -7.39. The first-order valence-electron chi connectivity index (χ1n) is 5.42. The van der Waals surface area contributed by atoms with Crippen molar-refractivity contribution in [1.82, 2.24) is 5.32 Å². The minimum Gasteiger partial charge on any atom is -0.480 e. The number of carbonyl (C=O) groups is 2. The van der Waals surface area contributed by atoms with E-state index in [0.29, 0.717) is 12.1 Å². The van der Waals surface area contributed by atoms with Gasteiger partial charge in [-0.3, -0.25) is 4.79 Å². The molecule has 0 bridgehead atoms. The monoisotopic (exact) mass is 275 g/mol. The molecule has 104 valence electrons. The van der Waals surface area contributed by atoms with Crippen LogP contribution in [0.15, 0.2) is 12.1 Å². The van der Waals surface area contributed by atoms with Crippen molar-refractivity contribution in [2.45, 2.75) is 19.9 Å². The van der Waals surface area contributed by atoms with Crippen LogP contribution in [0.3, 0.4) is 0 Å². The van der Waals surface area contributed by atoms with Crippen LogP contribution in [0, 0.1) is 23.4 Å². The number of carbonyl (C=O) groups excluding carboxylic acids is 1. The van der Waals surface area contributed by atoms with Crippen molar-refractivity contribution in [3.8, 4) is 0 Å². The Morgan fingerprint density at radius 3 is 2.00 bits per heavy atom. The summed E-state index contributed by atoms with van der Waals surface area (Å²) in [5, 5.41) is 11.0. The zero-order chi connectivity index (χ0) is 14.7. The Labute approximate surface area is 107 Å². The van der Waals surface area contributed by atoms with E-state index in [9.17, 15) is 22.8 Å². The van der Waals surface area contributed by atoms with Gasteiger partial charge in [0.2, 0.25) is 0 Å². The van der Waals surface area contributed by atoms with Crippen LogP contribution in [-0.2, 0) is 4.79 Å². The maximum Gasteiger partial charge on any atom is 0.326 e. The van der Waals surface area contributed by atoms with Crippen LogP contribution in [0.25, 0.3) is 0 Å². The number of hydrogen-bond acceptors (Lipinski definition) is 2. The normalized spacial score (nSPS) is 12.3. The molecule has 0 heterocycles. The summed E-state index contributed by atoms with van der Waals surface area (Å²) < 4.78 is 38.6. The van der Waals surface area contributed by atoms with Gasteiger partial charge in [-0.2, -0.15) is 0 Å². The molecule has 0 unspecified atom stereocenters. The second-order valence-electron chi connectivity index (χ2n) is 4.29. The second-order valence-corrected chi connectivity index (χ2v) is 4.29. The van der Waals surface area contributed by atoms with Gasteiger partial charge >= 0.3 is 5.97 Å². The Bertz CT molecular complexity index is 494. The zero-order valence-corrected chi connectivity index (χ0v) is 10.2. The number of halogens is 3. The third-order valence-corrected chi connectivity index (χ3v) is 2.47. The molecule has 0 radical (unpaired) electrons. The van der Waals surface area contributed by atoms with Crippen LogP contribution in [0.2, 0.25) is 0 Å². The van der Waals surface area contributed by atoms with E-state index in [4.69, 9.17) is 5.11 Å². The molecule has 19 heavy (non-hydrogen) atoms. The molecule has 1 aromatic carbocycles. The predicted molar refractivity (Wildman–Crippen MR) is 60.0 cm³/mol. The Kier molecular flexibility index (Phi) is 4.52. The number of nitrogens with one attached hydrogen (secondary N) is 1. The summed E-state index contributed by atoms with van der Waals surface area (Å²) in [6, 6.07) is -0.191. The number of rotatable bonds is 4. The van der Waals surface area contributed by atoms with E-state index in [1.165, 1.54) is 0 Å². The lowest BCUT2D eigenvalue weighted by Crippen LogP contribution is -2.44. The highest BCUT2D eigenvalue weighted by atomic mass is 19.2. The first-order valence-corrected chi connectivity index (χ1v) is 5.42. The van der Waals surface area contributed by atoms with Gasteiger partial charge in [-0.15, -0.1) is 0 Å². The zero-order valence-electron chi connectivity index (χ0n) is 10.2. The number of carboxylic acid groups (broad SMARTS) is 1. The van der Waals surface area contributed by atoms with Gasteiger partial charge in [0.15, 0.2) is 17.5 Å². The third kappa shape index (κ3) is 3.46. The lowest BCUT2D eigenvalue weighted by atomic mass is 10.0. The lowest BCUT2D eigenvalue weighted by Gasteiger charge is -2.17. The molecule has 0 fully saturated rings. The fraction of sp³-hybridized carbons (Fsp3) is 0.333. The van der Waals surface area contributed by atoms with Gasteiger partial charge in [-0.05, 0) is 18.1 Å². The van der Waals surface area contributed by atoms with E-state index in [2.05, 4.69) is 5.32 Å². The van der Waals surface area contributed by atoms with Crippen LogP contribution in [0.1, 0.15) is 24.2 Å². The number of hydrogen-bond donors (Lipinski definition) is 2.